The van der Waals surface area contributed by atoms with Gasteiger partial charge in [0, 0.05) is 5.69 Å². The number of esters is 1. The SMILES string of the molecule is CCc1cccc(C)c1NC(=O)COC(=O)C12CC3CC(CC(C3)C1)C2. The predicted molar refractivity (Wildman–Crippen MR) is 101 cm³/mol. The third kappa shape index (κ3) is 3.15. The maximum Gasteiger partial charge on any atom is 0.312 e. The Morgan fingerprint density at radius 1 is 1.12 bits per heavy atom. The van der Waals surface area contributed by atoms with Crippen LogP contribution >= 0.6 is 0 Å². The van der Waals surface area contributed by atoms with E-state index in [0.717, 1.165) is 42.5 Å². The van der Waals surface area contributed by atoms with Gasteiger partial charge in [-0.25, -0.2) is 0 Å². The minimum Gasteiger partial charge on any atom is -0.455 e. The largest absolute Gasteiger partial charge is 0.455 e. The molecule has 1 N–H and O–H groups in total. The first-order valence-electron chi connectivity index (χ1n) is 10.0. The number of ether oxygens (including phenoxy) is 1. The maximum atomic E-state index is 12.8. The van der Waals surface area contributed by atoms with Crippen molar-refractivity contribution in [3.63, 3.8) is 0 Å². The van der Waals surface area contributed by atoms with Gasteiger partial charge in [0.1, 0.15) is 0 Å². The number of hydrogen-bond acceptors (Lipinski definition) is 3. The number of hydrogen-bond donors (Lipinski definition) is 1. The lowest BCUT2D eigenvalue weighted by Crippen LogP contribution is -2.50. The number of amides is 1. The molecule has 0 atom stereocenters. The summed E-state index contributed by atoms with van der Waals surface area (Å²) in [6.45, 7) is 3.87. The second-order valence-electron chi connectivity index (χ2n) is 8.78. The molecule has 0 aromatic heterocycles. The normalized spacial score (nSPS) is 31.7. The summed E-state index contributed by atoms with van der Waals surface area (Å²) in [5.74, 6) is 1.71. The molecule has 0 saturated heterocycles. The van der Waals surface area contributed by atoms with Gasteiger partial charge in [-0.1, -0.05) is 25.1 Å². The Balaban J connectivity index is 1.37. The fourth-order valence-corrected chi connectivity index (χ4v) is 6.02. The number of aryl methyl sites for hydroxylation is 2. The highest BCUT2D eigenvalue weighted by Gasteiger charge is 2.55. The van der Waals surface area contributed by atoms with Crippen molar-refractivity contribution in [2.45, 2.75) is 58.8 Å². The Labute approximate surface area is 155 Å². The summed E-state index contributed by atoms with van der Waals surface area (Å²) in [6, 6.07) is 6.00. The molecule has 4 aliphatic rings. The number of carbonyl (C=O) groups excluding carboxylic acids is 2. The molecule has 0 spiro atoms. The van der Waals surface area contributed by atoms with Crippen LogP contribution < -0.4 is 5.32 Å². The van der Waals surface area contributed by atoms with Crippen LogP contribution in [0.25, 0.3) is 0 Å². The molecule has 4 bridgehead atoms. The molecule has 26 heavy (non-hydrogen) atoms. The van der Waals surface area contributed by atoms with Crippen molar-refractivity contribution >= 4 is 17.6 Å². The van der Waals surface area contributed by atoms with Gasteiger partial charge in [0.25, 0.3) is 5.91 Å². The number of carbonyl (C=O) groups is 2. The first-order chi connectivity index (χ1) is 12.5. The van der Waals surface area contributed by atoms with E-state index < -0.39 is 0 Å². The maximum absolute atomic E-state index is 12.8. The Morgan fingerprint density at radius 3 is 2.31 bits per heavy atom. The third-order valence-corrected chi connectivity index (χ3v) is 6.81. The van der Waals surface area contributed by atoms with Gasteiger partial charge in [0.15, 0.2) is 6.61 Å². The molecule has 4 heteroatoms. The first kappa shape index (κ1) is 17.6. The van der Waals surface area contributed by atoms with E-state index >= 15 is 0 Å². The summed E-state index contributed by atoms with van der Waals surface area (Å²) in [5.41, 5.74) is 2.69. The molecule has 140 valence electrons. The highest BCUT2D eigenvalue weighted by atomic mass is 16.5. The zero-order chi connectivity index (χ0) is 18.3. The van der Waals surface area contributed by atoms with E-state index in [1.54, 1.807) is 0 Å². The van der Waals surface area contributed by atoms with Crippen molar-refractivity contribution in [1.82, 2.24) is 0 Å². The van der Waals surface area contributed by atoms with Gasteiger partial charge in [-0.3, -0.25) is 9.59 Å². The van der Waals surface area contributed by atoms with Crippen molar-refractivity contribution in [2.24, 2.45) is 23.2 Å². The lowest BCUT2D eigenvalue weighted by molar-refractivity contribution is -0.172. The minimum absolute atomic E-state index is 0.132. The topological polar surface area (TPSA) is 55.4 Å². The standard InChI is InChI=1S/C22H29NO3/c1-3-18-6-4-5-14(2)20(18)23-19(24)13-26-21(25)22-10-15-7-16(11-22)9-17(8-15)12-22/h4-6,15-17H,3,7-13H2,1-2H3,(H,23,24). The van der Waals surface area contributed by atoms with Gasteiger partial charge in [0.05, 0.1) is 5.41 Å². The predicted octanol–water partition coefficient (Wildman–Crippen LogP) is 4.26. The zero-order valence-electron chi connectivity index (χ0n) is 15.8. The van der Waals surface area contributed by atoms with Crippen molar-refractivity contribution in [1.29, 1.82) is 0 Å². The summed E-state index contributed by atoms with van der Waals surface area (Å²) in [4.78, 5) is 25.2. The van der Waals surface area contributed by atoms with E-state index in [0.29, 0.717) is 17.8 Å². The second kappa shape index (κ2) is 6.71. The highest BCUT2D eigenvalue weighted by molar-refractivity contribution is 5.94. The highest BCUT2D eigenvalue weighted by Crippen LogP contribution is 2.60. The lowest BCUT2D eigenvalue weighted by atomic mass is 9.49. The molecule has 0 aliphatic heterocycles. The second-order valence-corrected chi connectivity index (χ2v) is 8.78. The van der Waals surface area contributed by atoms with Crippen molar-refractivity contribution < 1.29 is 14.3 Å². The molecule has 5 rings (SSSR count). The smallest absolute Gasteiger partial charge is 0.312 e. The summed E-state index contributed by atoms with van der Waals surface area (Å²) in [7, 11) is 0. The molecular formula is C22H29NO3. The van der Waals surface area contributed by atoms with Crippen LogP contribution in [0.1, 0.15) is 56.6 Å². The van der Waals surface area contributed by atoms with Crippen LogP contribution in [0, 0.1) is 30.1 Å². The molecule has 4 aliphatic carbocycles. The van der Waals surface area contributed by atoms with E-state index in [9.17, 15) is 9.59 Å². The van der Waals surface area contributed by atoms with Crippen LogP contribution in [0.4, 0.5) is 5.69 Å². The van der Waals surface area contributed by atoms with Crippen LogP contribution in [0.15, 0.2) is 18.2 Å². The van der Waals surface area contributed by atoms with E-state index in [2.05, 4.69) is 12.2 Å². The van der Waals surface area contributed by atoms with Gasteiger partial charge in [-0.05, 0) is 80.8 Å². The van der Waals surface area contributed by atoms with Gasteiger partial charge < -0.3 is 10.1 Å². The Bertz CT molecular complexity index is 689. The molecular weight excluding hydrogens is 326 g/mol. The monoisotopic (exact) mass is 355 g/mol. The van der Waals surface area contributed by atoms with Crippen LogP contribution in [0.3, 0.4) is 0 Å². The fraction of sp³-hybridized carbons (Fsp3) is 0.636. The van der Waals surface area contributed by atoms with Crippen LogP contribution in [-0.4, -0.2) is 18.5 Å². The van der Waals surface area contributed by atoms with Crippen molar-refractivity contribution in [3.05, 3.63) is 29.3 Å². The van der Waals surface area contributed by atoms with Crippen molar-refractivity contribution in [3.8, 4) is 0 Å². The molecule has 4 fully saturated rings. The molecule has 0 unspecified atom stereocenters. The zero-order valence-corrected chi connectivity index (χ0v) is 15.8. The van der Waals surface area contributed by atoms with E-state index in [1.807, 2.05) is 25.1 Å². The lowest BCUT2D eigenvalue weighted by Gasteiger charge is -2.55. The average molecular weight is 355 g/mol. The molecule has 1 aromatic carbocycles. The third-order valence-electron chi connectivity index (χ3n) is 6.81. The van der Waals surface area contributed by atoms with Crippen LogP contribution in [-0.2, 0) is 20.7 Å². The van der Waals surface area contributed by atoms with E-state index in [4.69, 9.17) is 4.74 Å². The fourth-order valence-electron chi connectivity index (χ4n) is 6.02. The van der Waals surface area contributed by atoms with Gasteiger partial charge in [-0.15, -0.1) is 0 Å². The first-order valence-corrected chi connectivity index (χ1v) is 10.0. The summed E-state index contributed by atoms with van der Waals surface area (Å²) in [5, 5.41) is 2.94. The van der Waals surface area contributed by atoms with E-state index in [1.165, 1.54) is 19.3 Å². The molecule has 1 amide bonds. The molecule has 0 heterocycles. The van der Waals surface area contributed by atoms with Crippen LogP contribution in [0.5, 0.6) is 0 Å². The summed E-state index contributed by atoms with van der Waals surface area (Å²) < 4.78 is 5.52. The van der Waals surface area contributed by atoms with Crippen molar-refractivity contribution in [2.75, 3.05) is 11.9 Å². The molecule has 0 radical (unpaired) electrons. The number of para-hydroxylation sites is 1. The quantitative estimate of drug-likeness (QED) is 0.803. The summed E-state index contributed by atoms with van der Waals surface area (Å²) >= 11 is 0. The molecule has 4 nitrogen and oxygen atoms in total. The molecule has 1 aromatic rings. The van der Waals surface area contributed by atoms with Gasteiger partial charge in [0.2, 0.25) is 0 Å². The average Bonchev–Trinajstić information content (AvgIpc) is 2.60. The number of benzene rings is 1. The number of nitrogens with one attached hydrogen (secondary N) is 1. The van der Waals surface area contributed by atoms with Gasteiger partial charge >= 0.3 is 5.97 Å². The van der Waals surface area contributed by atoms with Gasteiger partial charge in [-0.2, -0.15) is 0 Å². The minimum atomic E-state index is -0.299. The number of anilines is 1. The summed E-state index contributed by atoms with van der Waals surface area (Å²) in [6.07, 6.45) is 7.64. The Hall–Kier alpha value is -1.84. The van der Waals surface area contributed by atoms with Crippen LogP contribution in [0.2, 0.25) is 0 Å². The number of rotatable bonds is 5. The van der Waals surface area contributed by atoms with E-state index in [-0.39, 0.29) is 23.9 Å². The molecule has 4 saturated carbocycles. The Morgan fingerprint density at radius 2 is 1.73 bits per heavy atom. The Kier molecular flexibility index (Phi) is 4.54.